The smallest absolute Gasteiger partial charge is 0.308 e. The van der Waals surface area contributed by atoms with E-state index in [0.29, 0.717) is 42.4 Å². The summed E-state index contributed by atoms with van der Waals surface area (Å²) in [5, 5.41) is 38.7. The van der Waals surface area contributed by atoms with E-state index in [-0.39, 0.29) is 69.0 Å². The SMILES string of the molecule is C=C1CC23CC4C5C6(C)CC(OC(=O)C(C)CC)CC57C2C(OCC2=CC58CCC9(O)C%10(C)CCCC9%11C(C5CC2CC8%11)N(C)C%10)C1C(O)C3(O)C7N4C6. The minimum atomic E-state index is -1.20. The van der Waals surface area contributed by atoms with Crippen LogP contribution in [-0.2, 0) is 14.3 Å². The summed E-state index contributed by atoms with van der Waals surface area (Å²) in [7, 11) is 2.37. The van der Waals surface area contributed by atoms with Crippen molar-refractivity contribution in [3.05, 3.63) is 23.8 Å². The first-order chi connectivity index (χ1) is 25.6. The maximum absolute atomic E-state index is 13.4. The molecule has 0 aromatic carbocycles. The average Bonchev–Trinajstić information content (AvgIpc) is 3.56. The van der Waals surface area contributed by atoms with Crippen molar-refractivity contribution in [2.24, 2.45) is 73.9 Å². The van der Waals surface area contributed by atoms with E-state index in [1.807, 2.05) is 6.92 Å². The van der Waals surface area contributed by atoms with Crippen LogP contribution in [0.15, 0.2) is 23.8 Å². The van der Waals surface area contributed by atoms with Crippen molar-refractivity contribution in [1.82, 2.24) is 9.80 Å². The first-order valence-electron chi connectivity index (χ1n) is 22.4. The van der Waals surface area contributed by atoms with Crippen LogP contribution in [0, 0.1) is 73.9 Å². The van der Waals surface area contributed by atoms with Crippen LogP contribution in [0.3, 0.4) is 0 Å². The molecule has 22 atom stereocenters. The number of fused-ring (bicyclic) bond motifs is 1. The van der Waals surface area contributed by atoms with Crippen LogP contribution < -0.4 is 0 Å². The number of carbonyl (C=O) groups is 1. The number of ether oxygens (including phenoxy) is 2. The molecule has 22 unspecified atom stereocenters. The second-order valence-electron chi connectivity index (χ2n) is 23.2. The van der Waals surface area contributed by atoms with Crippen molar-refractivity contribution >= 4 is 5.97 Å². The third kappa shape index (κ3) is 2.99. The van der Waals surface area contributed by atoms with Crippen LogP contribution >= 0.6 is 0 Å². The van der Waals surface area contributed by atoms with E-state index in [9.17, 15) is 20.1 Å². The molecule has 8 nitrogen and oxygen atoms in total. The molecular formula is C46H64N2O6. The van der Waals surface area contributed by atoms with Crippen molar-refractivity contribution < 1.29 is 29.6 Å². The molecule has 8 heteroatoms. The van der Waals surface area contributed by atoms with Gasteiger partial charge in [-0.2, -0.15) is 0 Å². The Morgan fingerprint density at radius 1 is 1.07 bits per heavy atom. The van der Waals surface area contributed by atoms with Crippen molar-refractivity contribution in [1.29, 1.82) is 0 Å². The predicted octanol–water partition coefficient (Wildman–Crippen LogP) is 5.10. The van der Waals surface area contributed by atoms with Crippen LogP contribution in [0.4, 0.5) is 0 Å². The number of aliphatic hydroxyl groups excluding tert-OH is 1. The Morgan fingerprint density at radius 3 is 2.69 bits per heavy atom. The number of nitrogens with zero attached hydrogens (tertiary/aromatic N) is 2. The quantitative estimate of drug-likeness (QED) is 0.256. The van der Waals surface area contributed by atoms with Gasteiger partial charge in [0.25, 0.3) is 0 Å². The van der Waals surface area contributed by atoms with Crippen molar-refractivity contribution in [3.8, 4) is 0 Å². The van der Waals surface area contributed by atoms with Gasteiger partial charge in [-0.05, 0) is 118 Å². The van der Waals surface area contributed by atoms with Crippen LogP contribution in [0.1, 0.15) is 105 Å². The van der Waals surface area contributed by atoms with Gasteiger partial charge in [-0.15, -0.1) is 0 Å². The molecule has 54 heavy (non-hydrogen) atoms. The van der Waals surface area contributed by atoms with E-state index in [1.54, 1.807) is 0 Å². The van der Waals surface area contributed by atoms with Gasteiger partial charge in [0.1, 0.15) is 11.7 Å². The lowest BCUT2D eigenvalue weighted by Crippen LogP contribution is -2.76. The molecule has 14 fully saturated rings. The van der Waals surface area contributed by atoms with Gasteiger partial charge in [-0.25, -0.2) is 0 Å². The highest BCUT2D eigenvalue weighted by Crippen LogP contribution is 2.89. The highest BCUT2D eigenvalue weighted by molar-refractivity contribution is 5.72. The van der Waals surface area contributed by atoms with Gasteiger partial charge in [0, 0.05) is 64.7 Å². The van der Waals surface area contributed by atoms with Gasteiger partial charge < -0.3 is 29.7 Å². The summed E-state index contributed by atoms with van der Waals surface area (Å²) in [5.41, 5.74) is 0.188. The predicted molar refractivity (Wildman–Crippen MR) is 201 cm³/mol. The number of esters is 1. The minimum absolute atomic E-state index is 0.00000274. The third-order valence-corrected chi connectivity index (χ3v) is 22.0. The summed E-state index contributed by atoms with van der Waals surface area (Å²) >= 11 is 0. The van der Waals surface area contributed by atoms with E-state index in [2.05, 4.69) is 50.3 Å². The summed E-state index contributed by atoms with van der Waals surface area (Å²) in [6, 6.07) is 0.739. The molecule has 294 valence electrons. The van der Waals surface area contributed by atoms with Gasteiger partial charge in [-0.1, -0.05) is 52.3 Å². The number of carbonyl (C=O) groups excluding carboxylic acids is 1. The zero-order valence-corrected chi connectivity index (χ0v) is 33.4. The Kier molecular flexibility index (Phi) is 5.88. The zero-order valence-electron chi connectivity index (χ0n) is 33.4. The molecule has 0 amide bonds. The van der Waals surface area contributed by atoms with Gasteiger partial charge in [0.2, 0.25) is 0 Å². The lowest BCUT2D eigenvalue weighted by atomic mass is 9.39. The lowest BCUT2D eigenvalue weighted by molar-refractivity contribution is -0.287. The summed E-state index contributed by atoms with van der Waals surface area (Å²) in [6.07, 6.45) is 13.5. The van der Waals surface area contributed by atoms with Crippen LogP contribution in [-0.4, -0.2) is 105 Å². The molecule has 16 aliphatic rings. The van der Waals surface area contributed by atoms with Crippen molar-refractivity contribution in [2.45, 2.75) is 152 Å². The number of hydrogen-bond acceptors (Lipinski definition) is 8. The lowest BCUT2D eigenvalue weighted by Gasteiger charge is -2.71. The molecule has 4 aliphatic heterocycles. The molecule has 15 bridgehead atoms. The average molecular weight is 741 g/mol. The Labute approximate surface area is 321 Å². The van der Waals surface area contributed by atoms with E-state index in [4.69, 9.17) is 9.47 Å². The number of aliphatic hydroxyl groups is 3. The van der Waals surface area contributed by atoms with Gasteiger partial charge in [-0.3, -0.25) is 9.69 Å². The maximum atomic E-state index is 13.4. The molecular weight excluding hydrogens is 677 g/mol. The van der Waals surface area contributed by atoms with E-state index in [0.717, 1.165) is 70.0 Å². The molecule has 10 saturated carbocycles. The van der Waals surface area contributed by atoms with Crippen LogP contribution in [0.2, 0.25) is 0 Å². The number of allylic oxidation sites excluding steroid dienone is 1. The first-order valence-corrected chi connectivity index (χ1v) is 22.4. The molecule has 3 N–H and O–H groups in total. The highest BCUT2D eigenvalue weighted by atomic mass is 16.5. The van der Waals surface area contributed by atoms with Crippen LogP contribution in [0.5, 0.6) is 0 Å². The fourth-order valence-electron chi connectivity index (χ4n) is 21.2. The van der Waals surface area contributed by atoms with E-state index >= 15 is 0 Å². The molecule has 0 aromatic rings. The fourth-order valence-corrected chi connectivity index (χ4v) is 21.2. The van der Waals surface area contributed by atoms with E-state index in [1.165, 1.54) is 31.3 Å². The molecule has 0 aromatic heterocycles. The standard InChI is InChI=1S/C46H64N2O6/c1-7-23(2)37(50)54-27-17-39(4)21-48-29-19-42-15-24(3)31-32(34(42)43(18-27,33(29)39)38(48)46(42,52)36(31)49)53-20-26-16-41-11-12-45(51)40(5)9-8-10-44(45)30(41)14-25(26)13-28(41)35(44)47(6)22-40/h16,23,25,27-36,38,49,51-52H,3,7-15,17-22H2,1-2,4-6H3. The Morgan fingerprint density at radius 2 is 1.89 bits per heavy atom. The molecule has 16 rings (SSSR count). The third-order valence-electron chi connectivity index (χ3n) is 22.0. The Hall–Kier alpha value is -1.29. The molecule has 4 spiro atoms. The largest absolute Gasteiger partial charge is 0.462 e. The second-order valence-corrected chi connectivity index (χ2v) is 23.2. The molecule has 4 saturated heterocycles. The number of hydrogen-bond donors (Lipinski definition) is 3. The summed E-state index contributed by atoms with van der Waals surface area (Å²) in [4.78, 5) is 18.7. The Bertz CT molecular complexity index is 1850. The Balaban J connectivity index is 0.880. The van der Waals surface area contributed by atoms with Crippen molar-refractivity contribution in [3.63, 3.8) is 0 Å². The number of piperidine rings is 3. The number of likely N-dealkylation sites (tertiary alicyclic amines) is 1. The van der Waals surface area contributed by atoms with E-state index < -0.39 is 22.7 Å². The maximum Gasteiger partial charge on any atom is 0.308 e. The first kappa shape index (κ1) is 33.7. The normalized spacial score (nSPS) is 65.5. The molecule has 4 heterocycles. The topological polar surface area (TPSA) is 103 Å². The van der Waals surface area contributed by atoms with Crippen LogP contribution in [0.25, 0.3) is 0 Å². The van der Waals surface area contributed by atoms with Crippen molar-refractivity contribution in [2.75, 3.05) is 26.7 Å². The second kappa shape index (κ2) is 9.44. The minimum Gasteiger partial charge on any atom is -0.462 e. The zero-order chi connectivity index (χ0) is 37.1. The summed E-state index contributed by atoms with van der Waals surface area (Å²) in [6.45, 7) is 16.0. The summed E-state index contributed by atoms with van der Waals surface area (Å²) in [5.74, 6) is 1.64. The van der Waals surface area contributed by atoms with Gasteiger partial charge in [0.05, 0.1) is 30.3 Å². The molecule has 12 aliphatic carbocycles. The number of rotatable bonds is 6. The summed E-state index contributed by atoms with van der Waals surface area (Å²) < 4.78 is 13.9. The van der Waals surface area contributed by atoms with Gasteiger partial charge >= 0.3 is 5.97 Å². The van der Waals surface area contributed by atoms with Gasteiger partial charge in [0.15, 0.2) is 0 Å². The fraction of sp³-hybridized carbons (Fsp3) is 0.891. The molecule has 0 radical (unpaired) electrons. The highest BCUT2D eigenvalue weighted by Gasteiger charge is 2.95. The monoisotopic (exact) mass is 740 g/mol.